The molecular formula is C5H9NOS. The smallest absolute Gasteiger partial charge is 0.0839 e. The standard InChI is InChI=1S/C5H9NOS/c7-8-4-1-2-5(8)6-3-4/h4-6H,1-3H2. The Hall–Kier alpha value is 0.110. The van der Waals surface area contributed by atoms with E-state index < -0.39 is 10.8 Å². The van der Waals surface area contributed by atoms with Gasteiger partial charge in [0.1, 0.15) is 0 Å². The van der Waals surface area contributed by atoms with Crippen molar-refractivity contribution in [3.05, 3.63) is 0 Å². The molecule has 2 bridgehead atoms. The van der Waals surface area contributed by atoms with E-state index in [1.165, 1.54) is 6.42 Å². The molecule has 3 atom stereocenters. The van der Waals surface area contributed by atoms with Gasteiger partial charge in [-0.1, -0.05) is 0 Å². The minimum atomic E-state index is -0.512. The normalized spacial score (nSPS) is 52.8. The van der Waals surface area contributed by atoms with Gasteiger partial charge in [0.15, 0.2) is 0 Å². The van der Waals surface area contributed by atoms with Crippen LogP contribution < -0.4 is 5.32 Å². The van der Waals surface area contributed by atoms with Crippen molar-refractivity contribution in [2.75, 3.05) is 6.54 Å². The second-order valence-corrected chi connectivity index (χ2v) is 4.32. The average Bonchev–Trinajstić information content (AvgIpc) is 2.29. The van der Waals surface area contributed by atoms with E-state index in [0.29, 0.717) is 10.6 Å². The van der Waals surface area contributed by atoms with Gasteiger partial charge in [-0.2, -0.15) is 0 Å². The SMILES string of the molecule is O=S1C2CCC1NC2. The summed E-state index contributed by atoms with van der Waals surface area (Å²) in [6, 6.07) is 0. The zero-order chi connectivity index (χ0) is 5.56. The van der Waals surface area contributed by atoms with E-state index in [0.717, 1.165) is 13.0 Å². The van der Waals surface area contributed by atoms with Crippen LogP contribution in [0.15, 0.2) is 0 Å². The Balaban J connectivity index is 2.28. The highest BCUT2D eigenvalue weighted by atomic mass is 32.2. The Bertz CT molecular complexity index is 114. The fraction of sp³-hybridized carbons (Fsp3) is 1.00. The van der Waals surface area contributed by atoms with Crippen molar-refractivity contribution in [1.82, 2.24) is 5.32 Å². The molecule has 2 nitrogen and oxygen atoms in total. The van der Waals surface area contributed by atoms with Crippen LogP contribution in [0.5, 0.6) is 0 Å². The van der Waals surface area contributed by atoms with Gasteiger partial charge in [-0.3, -0.25) is 4.21 Å². The maximum Gasteiger partial charge on any atom is 0.0839 e. The van der Waals surface area contributed by atoms with Crippen LogP contribution in [0.25, 0.3) is 0 Å². The first-order valence-electron chi connectivity index (χ1n) is 3.01. The second kappa shape index (κ2) is 1.54. The molecular weight excluding hydrogens is 122 g/mol. The zero-order valence-corrected chi connectivity index (χ0v) is 5.41. The molecule has 0 radical (unpaired) electrons. The first-order chi connectivity index (χ1) is 3.88. The highest BCUT2D eigenvalue weighted by molar-refractivity contribution is 7.86. The first-order valence-corrected chi connectivity index (χ1v) is 4.28. The number of fused-ring (bicyclic) bond motifs is 2. The predicted molar refractivity (Wildman–Crippen MR) is 33.0 cm³/mol. The maximum atomic E-state index is 11.0. The van der Waals surface area contributed by atoms with Crippen LogP contribution in [0.1, 0.15) is 12.8 Å². The summed E-state index contributed by atoms with van der Waals surface area (Å²) in [4.78, 5) is 0. The van der Waals surface area contributed by atoms with Crippen LogP contribution in [0, 0.1) is 0 Å². The molecule has 8 heavy (non-hydrogen) atoms. The average molecular weight is 131 g/mol. The molecule has 2 rings (SSSR count). The van der Waals surface area contributed by atoms with E-state index in [1.54, 1.807) is 0 Å². The number of piperidine rings is 1. The Morgan fingerprint density at radius 1 is 1.50 bits per heavy atom. The molecule has 0 aromatic heterocycles. The lowest BCUT2D eigenvalue weighted by Gasteiger charge is -2.04. The van der Waals surface area contributed by atoms with Gasteiger partial charge in [0.25, 0.3) is 0 Å². The van der Waals surface area contributed by atoms with Crippen molar-refractivity contribution in [1.29, 1.82) is 0 Å². The molecule has 0 spiro atoms. The number of nitrogens with one attached hydrogen (secondary N) is 1. The third-order valence-corrected chi connectivity index (χ3v) is 3.96. The molecule has 0 saturated carbocycles. The molecule has 3 unspecified atom stereocenters. The number of rotatable bonds is 0. The van der Waals surface area contributed by atoms with Crippen LogP contribution in [-0.2, 0) is 10.8 Å². The summed E-state index contributed by atoms with van der Waals surface area (Å²) in [5.41, 5.74) is 0. The summed E-state index contributed by atoms with van der Waals surface area (Å²) in [6.07, 6.45) is 2.32. The molecule has 2 heterocycles. The molecule has 0 aliphatic carbocycles. The Morgan fingerprint density at radius 3 is 2.50 bits per heavy atom. The minimum absolute atomic E-state index is 0.361. The number of hydrogen-bond acceptors (Lipinski definition) is 2. The van der Waals surface area contributed by atoms with Crippen LogP contribution in [0.3, 0.4) is 0 Å². The number of hydrogen-bond donors (Lipinski definition) is 1. The van der Waals surface area contributed by atoms with Gasteiger partial charge in [-0.25, -0.2) is 0 Å². The molecule has 3 heteroatoms. The lowest BCUT2D eigenvalue weighted by atomic mass is 10.2. The van der Waals surface area contributed by atoms with Gasteiger partial charge in [0.05, 0.1) is 5.37 Å². The first kappa shape index (κ1) is 4.94. The van der Waals surface area contributed by atoms with Crippen molar-refractivity contribution in [2.24, 2.45) is 0 Å². The highest BCUT2D eigenvalue weighted by Gasteiger charge is 2.38. The molecule has 0 aromatic carbocycles. The Kier molecular flexibility index (Phi) is 0.954. The summed E-state index contributed by atoms with van der Waals surface area (Å²) >= 11 is 0. The van der Waals surface area contributed by atoms with Gasteiger partial charge in [0, 0.05) is 22.6 Å². The van der Waals surface area contributed by atoms with Gasteiger partial charge >= 0.3 is 0 Å². The highest BCUT2D eigenvalue weighted by Crippen LogP contribution is 2.26. The lowest BCUT2D eigenvalue weighted by molar-refractivity contribution is 0.548. The molecule has 2 fully saturated rings. The molecule has 1 N–H and O–H groups in total. The fourth-order valence-corrected chi connectivity index (χ4v) is 3.16. The zero-order valence-electron chi connectivity index (χ0n) is 4.59. The summed E-state index contributed by atoms with van der Waals surface area (Å²) < 4.78 is 11.0. The monoisotopic (exact) mass is 131 g/mol. The van der Waals surface area contributed by atoms with Crippen molar-refractivity contribution in [3.63, 3.8) is 0 Å². The fourth-order valence-electron chi connectivity index (χ4n) is 1.43. The van der Waals surface area contributed by atoms with E-state index in [1.807, 2.05) is 0 Å². The predicted octanol–water partition coefficient (Wildman–Crippen LogP) is -0.173. The van der Waals surface area contributed by atoms with Crippen LogP contribution in [0.2, 0.25) is 0 Å². The summed E-state index contributed by atoms with van der Waals surface area (Å²) in [5, 5.41) is 4.07. The quantitative estimate of drug-likeness (QED) is 0.494. The van der Waals surface area contributed by atoms with E-state index in [4.69, 9.17) is 0 Å². The minimum Gasteiger partial charge on any atom is -0.302 e. The largest absolute Gasteiger partial charge is 0.302 e. The lowest BCUT2D eigenvalue weighted by Crippen LogP contribution is -2.25. The van der Waals surface area contributed by atoms with Crippen molar-refractivity contribution in [2.45, 2.75) is 23.5 Å². The van der Waals surface area contributed by atoms with Crippen LogP contribution in [0.4, 0.5) is 0 Å². The van der Waals surface area contributed by atoms with Crippen molar-refractivity contribution < 1.29 is 4.21 Å². The molecule has 2 aliphatic rings. The van der Waals surface area contributed by atoms with Gasteiger partial charge < -0.3 is 5.32 Å². The van der Waals surface area contributed by atoms with Gasteiger partial charge in [-0.15, -0.1) is 0 Å². The van der Waals surface area contributed by atoms with Crippen molar-refractivity contribution in [3.8, 4) is 0 Å². The van der Waals surface area contributed by atoms with E-state index in [-0.39, 0.29) is 0 Å². The summed E-state index contributed by atoms with van der Waals surface area (Å²) in [5.74, 6) is 0. The van der Waals surface area contributed by atoms with Gasteiger partial charge in [0.2, 0.25) is 0 Å². The molecule has 0 amide bonds. The van der Waals surface area contributed by atoms with E-state index in [2.05, 4.69) is 5.32 Å². The molecule has 2 saturated heterocycles. The van der Waals surface area contributed by atoms with Crippen LogP contribution in [-0.4, -0.2) is 21.4 Å². The van der Waals surface area contributed by atoms with Crippen molar-refractivity contribution >= 4 is 10.8 Å². The maximum absolute atomic E-state index is 11.0. The topological polar surface area (TPSA) is 29.1 Å². The second-order valence-electron chi connectivity index (χ2n) is 2.42. The van der Waals surface area contributed by atoms with E-state index >= 15 is 0 Å². The summed E-state index contributed by atoms with van der Waals surface area (Å²) in [7, 11) is -0.512. The summed E-state index contributed by atoms with van der Waals surface area (Å²) in [6.45, 7) is 0.997. The Labute approximate surface area is 51.1 Å². The van der Waals surface area contributed by atoms with Gasteiger partial charge in [-0.05, 0) is 12.8 Å². The molecule has 0 aromatic rings. The molecule has 2 aliphatic heterocycles. The third-order valence-electron chi connectivity index (χ3n) is 1.93. The van der Waals surface area contributed by atoms with Crippen LogP contribution >= 0.6 is 0 Å². The molecule has 46 valence electrons. The Morgan fingerprint density at radius 2 is 2.38 bits per heavy atom. The third kappa shape index (κ3) is 0.486. The van der Waals surface area contributed by atoms with E-state index in [9.17, 15) is 4.21 Å².